The minimum atomic E-state index is -3.62. The van der Waals surface area contributed by atoms with Gasteiger partial charge in [-0.25, -0.2) is 8.42 Å². The summed E-state index contributed by atoms with van der Waals surface area (Å²) >= 11 is 0. The third-order valence-electron chi connectivity index (χ3n) is 4.39. The first-order valence-electron chi connectivity index (χ1n) is 9.09. The van der Waals surface area contributed by atoms with Gasteiger partial charge < -0.3 is 5.32 Å². The average Bonchev–Trinajstić information content (AvgIpc) is 2.64. The normalized spacial score (nSPS) is 11.5. The molecule has 7 nitrogen and oxygen atoms in total. The van der Waals surface area contributed by atoms with Crippen LogP contribution in [0.2, 0.25) is 0 Å². The van der Waals surface area contributed by atoms with Gasteiger partial charge in [0, 0.05) is 24.8 Å². The predicted molar refractivity (Wildman–Crippen MR) is 107 cm³/mol. The van der Waals surface area contributed by atoms with Crippen LogP contribution >= 0.6 is 0 Å². The number of nitrogens with one attached hydrogen (secondary N) is 1. The minimum absolute atomic E-state index is 0.00707. The lowest BCUT2D eigenvalue weighted by Crippen LogP contribution is -2.40. The number of pyridine rings is 1. The number of sulfonamides is 1. The molecule has 0 unspecified atom stereocenters. The van der Waals surface area contributed by atoms with E-state index in [9.17, 15) is 18.0 Å². The number of carbonyl (C=O) groups excluding carboxylic acids is 2. The van der Waals surface area contributed by atoms with E-state index in [1.54, 1.807) is 62.0 Å². The summed E-state index contributed by atoms with van der Waals surface area (Å²) in [6.45, 7) is 7.51. The maximum atomic E-state index is 12.8. The van der Waals surface area contributed by atoms with Crippen molar-refractivity contribution >= 4 is 27.4 Å². The lowest BCUT2D eigenvalue weighted by Gasteiger charge is -2.20. The molecule has 0 bridgehead atoms. The molecule has 1 aromatic carbocycles. The summed E-state index contributed by atoms with van der Waals surface area (Å²) in [6, 6.07) is 8.21. The molecule has 1 amide bonds. The highest BCUT2D eigenvalue weighted by Crippen LogP contribution is 2.23. The molecule has 0 saturated carbocycles. The lowest BCUT2D eigenvalue weighted by atomic mass is 10.2. The van der Waals surface area contributed by atoms with Crippen LogP contribution in [0.5, 0.6) is 0 Å². The fourth-order valence-corrected chi connectivity index (χ4v) is 4.56. The van der Waals surface area contributed by atoms with E-state index in [2.05, 4.69) is 5.32 Å². The molecular formula is C20H26N3O4S+. The minimum Gasteiger partial charge on any atom is -0.321 e. The Balaban J connectivity index is 2.22. The van der Waals surface area contributed by atoms with Gasteiger partial charge in [-0.3, -0.25) is 9.59 Å². The molecule has 0 saturated heterocycles. The summed E-state index contributed by atoms with van der Waals surface area (Å²) in [4.78, 5) is 24.0. The van der Waals surface area contributed by atoms with Gasteiger partial charge in [-0.1, -0.05) is 19.9 Å². The summed E-state index contributed by atoms with van der Waals surface area (Å²) in [6.07, 6.45) is 3.30. The zero-order valence-electron chi connectivity index (χ0n) is 16.6. The van der Waals surface area contributed by atoms with E-state index in [0.717, 1.165) is 0 Å². The highest BCUT2D eigenvalue weighted by molar-refractivity contribution is 7.89. The summed E-state index contributed by atoms with van der Waals surface area (Å²) < 4.78 is 28.6. The maximum Gasteiger partial charge on any atom is 0.290 e. The van der Waals surface area contributed by atoms with E-state index in [0.29, 0.717) is 29.9 Å². The molecule has 8 heteroatoms. The standard InChI is InChI=1S/C20H25N3O4S/c1-5-23(6-2)28(26,27)19-12-18(10-9-15(19)3)21-20(25)14-22-11-7-8-17(13-22)16(4)24/h7-13H,5-6,14H2,1-4H3/p+1. The fourth-order valence-electron chi connectivity index (χ4n) is 2.85. The molecular weight excluding hydrogens is 378 g/mol. The molecule has 28 heavy (non-hydrogen) atoms. The number of Topliss-reactive ketones (excluding diaryl/α,β-unsaturated/α-hetero) is 1. The van der Waals surface area contributed by atoms with Crippen molar-refractivity contribution in [2.24, 2.45) is 0 Å². The SMILES string of the molecule is CCN(CC)S(=O)(=O)c1cc(NC(=O)C[n+]2cccc(C(C)=O)c2)ccc1C. The Labute approximate surface area is 166 Å². The molecule has 0 aliphatic heterocycles. The van der Waals surface area contributed by atoms with Crippen LogP contribution in [-0.4, -0.2) is 37.5 Å². The number of benzene rings is 1. The van der Waals surface area contributed by atoms with Gasteiger partial charge in [0.2, 0.25) is 16.6 Å². The third-order valence-corrected chi connectivity index (χ3v) is 6.58. The number of rotatable bonds is 8. The summed E-state index contributed by atoms with van der Waals surface area (Å²) in [5, 5.41) is 2.73. The Hall–Kier alpha value is -2.58. The van der Waals surface area contributed by atoms with Crippen LogP contribution in [0.1, 0.15) is 36.7 Å². The molecule has 0 radical (unpaired) electrons. The zero-order chi connectivity index (χ0) is 20.9. The number of amides is 1. The molecule has 2 rings (SSSR count). The smallest absolute Gasteiger partial charge is 0.290 e. The quantitative estimate of drug-likeness (QED) is 0.539. The Bertz CT molecular complexity index is 983. The third kappa shape index (κ3) is 5.02. The van der Waals surface area contributed by atoms with Crippen molar-refractivity contribution in [3.05, 3.63) is 53.9 Å². The molecule has 2 aromatic rings. The van der Waals surface area contributed by atoms with Gasteiger partial charge in [-0.15, -0.1) is 0 Å². The van der Waals surface area contributed by atoms with Crippen LogP contribution in [0.3, 0.4) is 0 Å². The van der Waals surface area contributed by atoms with Crippen LogP contribution in [0.25, 0.3) is 0 Å². The van der Waals surface area contributed by atoms with Crippen molar-refractivity contribution in [3.8, 4) is 0 Å². The highest BCUT2D eigenvalue weighted by Gasteiger charge is 2.24. The number of nitrogens with zero attached hydrogens (tertiary/aromatic N) is 2. The van der Waals surface area contributed by atoms with Gasteiger partial charge in [0.25, 0.3) is 5.91 Å². The van der Waals surface area contributed by atoms with E-state index in [4.69, 9.17) is 0 Å². The fraction of sp³-hybridized carbons (Fsp3) is 0.350. The van der Waals surface area contributed by atoms with Gasteiger partial charge in [0.05, 0.1) is 10.5 Å². The number of ketones is 1. The van der Waals surface area contributed by atoms with Crippen LogP contribution in [0, 0.1) is 6.92 Å². The van der Waals surface area contributed by atoms with E-state index in [-0.39, 0.29) is 23.1 Å². The van der Waals surface area contributed by atoms with Crippen molar-refractivity contribution in [1.82, 2.24) is 4.31 Å². The van der Waals surface area contributed by atoms with Gasteiger partial charge in [-0.05, 0) is 37.6 Å². The van der Waals surface area contributed by atoms with Crippen molar-refractivity contribution in [2.45, 2.75) is 39.1 Å². The molecule has 0 aliphatic carbocycles. The molecule has 1 N–H and O–H groups in total. The molecule has 1 heterocycles. The largest absolute Gasteiger partial charge is 0.321 e. The van der Waals surface area contributed by atoms with Crippen LogP contribution < -0.4 is 9.88 Å². The van der Waals surface area contributed by atoms with E-state index >= 15 is 0 Å². The summed E-state index contributed by atoms with van der Waals surface area (Å²) in [5.74, 6) is -0.403. The molecule has 0 aliphatic rings. The summed E-state index contributed by atoms with van der Waals surface area (Å²) in [5.41, 5.74) is 1.54. The number of anilines is 1. The van der Waals surface area contributed by atoms with Gasteiger partial charge in [0.15, 0.2) is 18.2 Å². The first kappa shape index (κ1) is 21.7. The number of carbonyl (C=O) groups is 2. The predicted octanol–water partition coefficient (Wildman–Crippen LogP) is 2.15. The second-order valence-electron chi connectivity index (χ2n) is 6.44. The molecule has 1 aromatic heterocycles. The molecule has 0 fully saturated rings. The van der Waals surface area contributed by atoms with Gasteiger partial charge in [-0.2, -0.15) is 8.87 Å². The number of aromatic nitrogens is 1. The van der Waals surface area contributed by atoms with Gasteiger partial charge in [0.1, 0.15) is 0 Å². The first-order chi connectivity index (χ1) is 13.2. The Kier molecular flexibility index (Phi) is 7.04. The molecule has 150 valence electrons. The van der Waals surface area contributed by atoms with E-state index in [1.807, 2.05) is 0 Å². The number of hydrogen-bond donors (Lipinski definition) is 1. The Morgan fingerprint density at radius 2 is 1.82 bits per heavy atom. The first-order valence-corrected chi connectivity index (χ1v) is 10.5. The van der Waals surface area contributed by atoms with Crippen molar-refractivity contribution in [1.29, 1.82) is 0 Å². The lowest BCUT2D eigenvalue weighted by molar-refractivity contribution is -0.684. The second-order valence-corrected chi connectivity index (χ2v) is 8.35. The maximum absolute atomic E-state index is 12.8. The average molecular weight is 405 g/mol. The number of aryl methyl sites for hydroxylation is 1. The Morgan fingerprint density at radius 1 is 1.14 bits per heavy atom. The monoisotopic (exact) mass is 404 g/mol. The van der Waals surface area contributed by atoms with Crippen LogP contribution in [0.15, 0.2) is 47.6 Å². The van der Waals surface area contributed by atoms with Crippen LogP contribution in [0.4, 0.5) is 5.69 Å². The number of hydrogen-bond acceptors (Lipinski definition) is 4. The van der Waals surface area contributed by atoms with Crippen molar-refractivity contribution < 1.29 is 22.6 Å². The molecule has 0 spiro atoms. The highest BCUT2D eigenvalue weighted by atomic mass is 32.2. The Morgan fingerprint density at radius 3 is 2.43 bits per heavy atom. The van der Waals surface area contributed by atoms with Gasteiger partial charge >= 0.3 is 0 Å². The zero-order valence-corrected chi connectivity index (χ0v) is 17.4. The topological polar surface area (TPSA) is 87.4 Å². The van der Waals surface area contributed by atoms with E-state index in [1.165, 1.54) is 17.3 Å². The second kappa shape index (κ2) is 9.07. The van der Waals surface area contributed by atoms with E-state index < -0.39 is 10.0 Å². The van der Waals surface area contributed by atoms with Crippen LogP contribution in [-0.2, 0) is 21.4 Å². The van der Waals surface area contributed by atoms with Crippen molar-refractivity contribution in [2.75, 3.05) is 18.4 Å². The van der Waals surface area contributed by atoms with Crippen molar-refractivity contribution in [3.63, 3.8) is 0 Å². The summed E-state index contributed by atoms with van der Waals surface area (Å²) in [7, 11) is -3.62. The molecule has 0 atom stereocenters.